The average Bonchev–Trinajstić information content (AvgIpc) is 3.49. The molecule has 1 aliphatic heterocycles. The van der Waals surface area contributed by atoms with E-state index in [2.05, 4.69) is 32.9 Å². The number of Topliss-reactive ketones (excluding diaryl/α,β-unsaturated/α-hetero) is 1. The van der Waals surface area contributed by atoms with E-state index in [1.165, 1.54) is 0 Å². The molecule has 43 heavy (non-hydrogen) atoms. The van der Waals surface area contributed by atoms with Crippen molar-refractivity contribution >= 4 is 11.6 Å². The molecule has 0 radical (unpaired) electrons. The molecule has 0 amide bonds. The van der Waals surface area contributed by atoms with Crippen LogP contribution in [0.15, 0.2) is 78.4 Å². The fourth-order valence-corrected chi connectivity index (χ4v) is 9.64. The van der Waals surface area contributed by atoms with Gasteiger partial charge in [-0.05, 0) is 79.4 Å². The number of allylic oxidation sites excluding steroid dienone is 4. The Morgan fingerprint density at radius 3 is 2.56 bits per heavy atom. The molecule has 1 N–H and O–H groups in total. The Bertz CT molecular complexity index is 1460. The highest BCUT2D eigenvalue weighted by molar-refractivity contribution is 6.01. The number of rotatable bonds is 7. The number of ether oxygens (including phenoxy) is 3. The van der Waals surface area contributed by atoms with Crippen LogP contribution in [0.2, 0.25) is 0 Å². The number of ketones is 2. The molecule has 1 heterocycles. The van der Waals surface area contributed by atoms with Gasteiger partial charge >= 0.3 is 0 Å². The SMILES string of the molecule is CCCC1O[C@@H]2CC3C4CCC5=CC(=O)C=CC5(C)C4[C@@H](O)CC3(C)[C@@]2(C(=O)COc2ccc(-c3ccccc3)cc2)O1. The Morgan fingerprint density at radius 2 is 1.81 bits per heavy atom. The molecule has 4 aliphatic carbocycles. The maximum absolute atomic E-state index is 14.4. The molecule has 226 valence electrons. The molecule has 7 rings (SSSR count). The van der Waals surface area contributed by atoms with Gasteiger partial charge in [-0.3, -0.25) is 9.59 Å². The van der Waals surface area contributed by atoms with Crippen LogP contribution in [0.1, 0.15) is 59.3 Å². The van der Waals surface area contributed by atoms with Gasteiger partial charge in [0.05, 0.1) is 12.2 Å². The van der Waals surface area contributed by atoms with Crippen molar-refractivity contribution in [2.75, 3.05) is 6.61 Å². The van der Waals surface area contributed by atoms with E-state index in [9.17, 15) is 14.7 Å². The third-order valence-corrected chi connectivity index (χ3v) is 11.6. The Hall–Kier alpha value is -3.06. The minimum Gasteiger partial charge on any atom is -0.486 e. The van der Waals surface area contributed by atoms with Gasteiger partial charge in [0.25, 0.3) is 0 Å². The molecule has 6 heteroatoms. The van der Waals surface area contributed by atoms with E-state index in [1.807, 2.05) is 48.5 Å². The van der Waals surface area contributed by atoms with Crippen molar-refractivity contribution in [2.24, 2.45) is 28.6 Å². The Balaban J connectivity index is 1.17. The Labute approximate surface area is 254 Å². The molecule has 5 aliphatic rings. The van der Waals surface area contributed by atoms with Crippen LogP contribution >= 0.6 is 0 Å². The Kier molecular flexibility index (Phi) is 7.03. The first-order valence-electron chi connectivity index (χ1n) is 16.0. The minimum absolute atomic E-state index is 0.0216. The van der Waals surface area contributed by atoms with Gasteiger partial charge in [0, 0.05) is 16.7 Å². The van der Waals surface area contributed by atoms with Gasteiger partial charge in [-0.2, -0.15) is 0 Å². The number of carbonyl (C=O) groups excluding carboxylic acids is 2. The second-order valence-corrected chi connectivity index (χ2v) is 13.7. The summed E-state index contributed by atoms with van der Waals surface area (Å²) in [5.41, 5.74) is 1.18. The first-order valence-corrected chi connectivity index (χ1v) is 16.0. The molecule has 0 bridgehead atoms. The molecular weight excluding hydrogens is 540 g/mol. The second kappa shape index (κ2) is 10.5. The van der Waals surface area contributed by atoms with E-state index in [4.69, 9.17) is 14.2 Å². The summed E-state index contributed by atoms with van der Waals surface area (Å²) in [6.07, 6.45) is 8.46. The normalized spacial score (nSPS) is 39.3. The van der Waals surface area contributed by atoms with E-state index in [-0.39, 0.29) is 47.4 Å². The van der Waals surface area contributed by atoms with Crippen molar-refractivity contribution < 1.29 is 28.9 Å². The molecule has 3 saturated carbocycles. The number of carbonyl (C=O) groups is 2. The number of benzene rings is 2. The lowest BCUT2D eigenvalue weighted by Gasteiger charge is -2.59. The molecule has 2 aromatic carbocycles. The highest BCUT2D eigenvalue weighted by Crippen LogP contribution is 2.69. The van der Waals surface area contributed by atoms with Gasteiger partial charge in [-0.1, -0.05) is 81.3 Å². The number of hydrogen-bond acceptors (Lipinski definition) is 6. The predicted molar refractivity (Wildman–Crippen MR) is 163 cm³/mol. The fraction of sp³-hybridized carbons (Fsp3) is 0.514. The zero-order valence-corrected chi connectivity index (χ0v) is 25.3. The van der Waals surface area contributed by atoms with Gasteiger partial charge < -0.3 is 19.3 Å². The molecule has 2 aromatic rings. The molecule has 6 nitrogen and oxygen atoms in total. The summed E-state index contributed by atoms with van der Waals surface area (Å²) in [6, 6.07) is 18.0. The summed E-state index contributed by atoms with van der Waals surface area (Å²) in [6.45, 7) is 6.29. The van der Waals surface area contributed by atoms with Crippen molar-refractivity contribution in [1.82, 2.24) is 0 Å². The lowest BCUT2D eigenvalue weighted by Crippen LogP contribution is -2.63. The van der Waals surface area contributed by atoms with Gasteiger partial charge in [-0.25, -0.2) is 0 Å². The Morgan fingerprint density at radius 1 is 1.07 bits per heavy atom. The van der Waals surface area contributed by atoms with Crippen LogP contribution in [0.3, 0.4) is 0 Å². The van der Waals surface area contributed by atoms with Gasteiger partial charge in [0.2, 0.25) is 5.78 Å². The van der Waals surface area contributed by atoms with E-state index >= 15 is 0 Å². The first kappa shape index (κ1) is 28.7. The number of aliphatic hydroxyl groups excluding tert-OH is 1. The molecule has 1 saturated heterocycles. The maximum atomic E-state index is 14.4. The summed E-state index contributed by atoms with van der Waals surface area (Å²) in [5, 5.41) is 11.9. The third-order valence-electron chi connectivity index (χ3n) is 11.6. The largest absolute Gasteiger partial charge is 0.486 e. The van der Waals surface area contributed by atoms with Crippen LogP contribution in [0.5, 0.6) is 5.75 Å². The lowest BCUT2D eigenvalue weighted by molar-refractivity contribution is -0.200. The standard InChI is InChI=1S/C37H42O6/c1-4-8-33-42-32-20-29-28-16-13-25-19-26(38)17-18-35(25,2)34(28)30(39)21-36(29,3)37(32,43-33)31(40)22-41-27-14-11-24(12-15-27)23-9-6-5-7-10-23/h5-7,9-12,14-15,17-19,28-30,32-34,39H,4,8,13,16,20-22H2,1-3H3/t28?,29?,30-,32+,33?,34?,35?,36?,37-/m0/s1. The smallest absolute Gasteiger partial charge is 0.205 e. The minimum atomic E-state index is -1.18. The molecule has 6 unspecified atom stereocenters. The second-order valence-electron chi connectivity index (χ2n) is 13.7. The van der Waals surface area contributed by atoms with Crippen LogP contribution in [-0.2, 0) is 19.1 Å². The number of fused-ring (bicyclic) bond motifs is 7. The topological polar surface area (TPSA) is 82.1 Å². The van der Waals surface area contributed by atoms with E-state index < -0.39 is 23.4 Å². The summed E-state index contributed by atoms with van der Waals surface area (Å²) in [5.74, 6) is 0.863. The molecule has 0 aromatic heterocycles. The van der Waals surface area contributed by atoms with Crippen LogP contribution in [0.25, 0.3) is 11.1 Å². The van der Waals surface area contributed by atoms with Gasteiger partial charge in [0.15, 0.2) is 17.7 Å². The fourth-order valence-electron chi connectivity index (χ4n) is 9.64. The first-order chi connectivity index (χ1) is 20.7. The van der Waals surface area contributed by atoms with Crippen molar-refractivity contribution in [3.05, 3.63) is 78.4 Å². The molecule has 9 atom stereocenters. The number of aliphatic hydroxyl groups is 1. The monoisotopic (exact) mass is 582 g/mol. The zero-order valence-electron chi connectivity index (χ0n) is 25.3. The molecular formula is C37H42O6. The average molecular weight is 583 g/mol. The third kappa shape index (κ3) is 4.32. The van der Waals surface area contributed by atoms with Crippen LogP contribution in [0.4, 0.5) is 0 Å². The molecule has 0 spiro atoms. The summed E-state index contributed by atoms with van der Waals surface area (Å²) >= 11 is 0. The van der Waals surface area contributed by atoms with Crippen LogP contribution in [-0.4, -0.2) is 47.4 Å². The van der Waals surface area contributed by atoms with Crippen molar-refractivity contribution in [3.63, 3.8) is 0 Å². The van der Waals surface area contributed by atoms with Crippen molar-refractivity contribution in [2.45, 2.75) is 83.4 Å². The zero-order chi connectivity index (χ0) is 30.0. The summed E-state index contributed by atoms with van der Waals surface area (Å²) in [7, 11) is 0. The van der Waals surface area contributed by atoms with E-state index in [1.54, 1.807) is 12.2 Å². The summed E-state index contributed by atoms with van der Waals surface area (Å²) < 4.78 is 19.4. The van der Waals surface area contributed by atoms with Crippen LogP contribution < -0.4 is 4.74 Å². The van der Waals surface area contributed by atoms with E-state index in [0.717, 1.165) is 42.4 Å². The quantitative estimate of drug-likeness (QED) is 0.403. The summed E-state index contributed by atoms with van der Waals surface area (Å²) in [4.78, 5) is 26.7. The van der Waals surface area contributed by atoms with Gasteiger partial charge in [-0.15, -0.1) is 0 Å². The number of hydrogen-bond donors (Lipinski definition) is 1. The lowest BCUT2D eigenvalue weighted by atomic mass is 9.46. The van der Waals surface area contributed by atoms with Crippen molar-refractivity contribution in [1.29, 1.82) is 0 Å². The van der Waals surface area contributed by atoms with Gasteiger partial charge in [0.1, 0.15) is 12.4 Å². The van der Waals surface area contributed by atoms with Crippen LogP contribution in [0, 0.1) is 28.6 Å². The maximum Gasteiger partial charge on any atom is 0.205 e. The highest BCUT2D eigenvalue weighted by atomic mass is 16.7. The molecule has 4 fully saturated rings. The van der Waals surface area contributed by atoms with E-state index in [0.29, 0.717) is 18.6 Å². The predicted octanol–water partition coefficient (Wildman–Crippen LogP) is 6.47. The highest BCUT2D eigenvalue weighted by Gasteiger charge is 2.75. The van der Waals surface area contributed by atoms with Crippen molar-refractivity contribution in [3.8, 4) is 16.9 Å².